The Morgan fingerprint density at radius 1 is 1.19 bits per heavy atom. The standard InChI is InChI=1S/C15H20ClNO4/c1-10(2)11(3)17-14(18)8-21-15(19)9-20-13-7-5-4-6-12(13)16/h4-7,10-11H,8-9H2,1-3H3,(H,17,18)/t11-/m1/s1. The maximum atomic E-state index is 11.5. The van der Waals surface area contributed by atoms with Gasteiger partial charge in [0.1, 0.15) is 5.75 Å². The van der Waals surface area contributed by atoms with Crippen LogP contribution in [0.25, 0.3) is 0 Å². The summed E-state index contributed by atoms with van der Waals surface area (Å²) in [7, 11) is 0. The number of halogens is 1. The molecule has 1 rings (SSSR count). The van der Waals surface area contributed by atoms with Gasteiger partial charge in [-0.2, -0.15) is 0 Å². The van der Waals surface area contributed by atoms with Crippen molar-refractivity contribution >= 4 is 23.5 Å². The second-order valence-electron chi connectivity index (χ2n) is 4.98. The lowest BCUT2D eigenvalue weighted by Gasteiger charge is -2.17. The first kappa shape index (κ1) is 17.3. The van der Waals surface area contributed by atoms with Gasteiger partial charge in [0.2, 0.25) is 0 Å². The van der Waals surface area contributed by atoms with Gasteiger partial charge in [0.05, 0.1) is 5.02 Å². The molecule has 0 aliphatic rings. The molecule has 0 aliphatic heterocycles. The third-order valence-electron chi connectivity index (χ3n) is 2.94. The van der Waals surface area contributed by atoms with Gasteiger partial charge < -0.3 is 14.8 Å². The van der Waals surface area contributed by atoms with Crippen LogP contribution in [-0.4, -0.2) is 31.1 Å². The number of rotatable bonds is 7. The van der Waals surface area contributed by atoms with Crippen molar-refractivity contribution in [3.05, 3.63) is 29.3 Å². The van der Waals surface area contributed by atoms with E-state index in [4.69, 9.17) is 21.1 Å². The first-order valence-electron chi connectivity index (χ1n) is 6.72. The van der Waals surface area contributed by atoms with E-state index >= 15 is 0 Å². The van der Waals surface area contributed by atoms with Crippen molar-refractivity contribution < 1.29 is 19.1 Å². The molecule has 1 N–H and O–H groups in total. The molecule has 1 atom stereocenters. The largest absolute Gasteiger partial charge is 0.480 e. The number of amides is 1. The fourth-order valence-electron chi connectivity index (χ4n) is 1.35. The van der Waals surface area contributed by atoms with E-state index in [2.05, 4.69) is 5.32 Å². The van der Waals surface area contributed by atoms with Crippen LogP contribution < -0.4 is 10.1 Å². The zero-order valence-electron chi connectivity index (χ0n) is 12.4. The van der Waals surface area contributed by atoms with Crippen molar-refractivity contribution in [2.45, 2.75) is 26.8 Å². The van der Waals surface area contributed by atoms with Crippen LogP contribution >= 0.6 is 11.6 Å². The molecule has 0 bridgehead atoms. The molecule has 0 radical (unpaired) electrons. The lowest BCUT2D eigenvalue weighted by atomic mass is 10.1. The summed E-state index contributed by atoms with van der Waals surface area (Å²) < 4.78 is 10.0. The van der Waals surface area contributed by atoms with Crippen molar-refractivity contribution in [2.75, 3.05) is 13.2 Å². The third kappa shape index (κ3) is 6.49. The number of ether oxygens (including phenoxy) is 2. The molecule has 116 valence electrons. The first-order chi connectivity index (χ1) is 9.90. The van der Waals surface area contributed by atoms with Gasteiger partial charge in [-0.25, -0.2) is 4.79 Å². The first-order valence-corrected chi connectivity index (χ1v) is 7.10. The van der Waals surface area contributed by atoms with Crippen LogP contribution in [0.3, 0.4) is 0 Å². The van der Waals surface area contributed by atoms with Crippen LogP contribution in [0, 0.1) is 5.92 Å². The number of para-hydroxylation sites is 1. The van der Waals surface area contributed by atoms with Gasteiger partial charge in [0.25, 0.3) is 5.91 Å². The van der Waals surface area contributed by atoms with E-state index in [1.807, 2.05) is 20.8 Å². The highest BCUT2D eigenvalue weighted by Crippen LogP contribution is 2.22. The molecule has 0 heterocycles. The van der Waals surface area contributed by atoms with E-state index < -0.39 is 5.97 Å². The molecule has 0 aliphatic carbocycles. The average molecular weight is 314 g/mol. The number of carbonyl (C=O) groups excluding carboxylic acids is 2. The van der Waals surface area contributed by atoms with E-state index in [9.17, 15) is 9.59 Å². The molecule has 0 unspecified atom stereocenters. The topological polar surface area (TPSA) is 64.6 Å². The molecule has 1 aromatic carbocycles. The van der Waals surface area contributed by atoms with Gasteiger partial charge >= 0.3 is 5.97 Å². The summed E-state index contributed by atoms with van der Waals surface area (Å²) in [4.78, 5) is 23.0. The van der Waals surface area contributed by atoms with Gasteiger partial charge in [-0.15, -0.1) is 0 Å². The minimum Gasteiger partial charge on any atom is -0.480 e. The number of nitrogens with one attached hydrogen (secondary N) is 1. The van der Waals surface area contributed by atoms with Gasteiger partial charge in [0, 0.05) is 6.04 Å². The molecule has 6 heteroatoms. The highest BCUT2D eigenvalue weighted by Gasteiger charge is 2.13. The van der Waals surface area contributed by atoms with Gasteiger partial charge in [-0.05, 0) is 25.0 Å². The normalized spacial score (nSPS) is 11.9. The molecule has 0 fully saturated rings. The summed E-state index contributed by atoms with van der Waals surface area (Å²) in [5, 5.41) is 3.15. The van der Waals surface area contributed by atoms with E-state index in [-0.39, 0.29) is 25.2 Å². The molecule has 0 saturated carbocycles. The summed E-state index contributed by atoms with van der Waals surface area (Å²) in [5.74, 6) is -0.244. The average Bonchev–Trinajstić information content (AvgIpc) is 2.44. The van der Waals surface area contributed by atoms with Crippen molar-refractivity contribution in [3.63, 3.8) is 0 Å². The monoisotopic (exact) mass is 313 g/mol. The Kier molecular flexibility index (Phi) is 7.02. The Balaban J connectivity index is 2.28. The van der Waals surface area contributed by atoms with Crippen LogP contribution in [0.5, 0.6) is 5.75 Å². The fraction of sp³-hybridized carbons (Fsp3) is 0.467. The summed E-state index contributed by atoms with van der Waals surface area (Å²) >= 11 is 5.88. The summed E-state index contributed by atoms with van der Waals surface area (Å²) in [6, 6.07) is 6.83. The molecular formula is C15H20ClNO4. The van der Waals surface area contributed by atoms with Crippen LogP contribution in [0.2, 0.25) is 5.02 Å². The van der Waals surface area contributed by atoms with Crippen molar-refractivity contribution in [2.24, 2.45) is 5.92 Å². The zero-order chi connectivity index (χ0) is 15.8. The smallest absolute Gasteiger partial charge is 0.344 e. The van der Waals surface area contributed by atoms with Crippen LogP contribution in [0.1, 0.15) is 20.8 Å². The second-order valence-corrected chi connectivity index (χ2v) is 5.39. The number of carbonyl (C=O) groups is 2. The SMILES string of the molecule is CC(C)[C@@H](C)NC(=O)COC(=O)COc1ccccc1Cl. The van der Waals surface area contributed by atoms with Crippen molar-refractivity contribution in [1.82, 2.24) is 5.32 Å². The van der Waals surface area contributed by atoms with E-state index in [0.29, 0.717) is 16.7 Å². The Bertz CT molecular complexity index is 490. The van der Waals surface area contributed by atoms with Gasteiger partial charge in [-0.1, -0.05) is 37.6 Å². The highest BCUT2D eigenvalue weighted by molar-refractivity contribution is 6.32. The fourth-order valence-corrected chi connectivity index (χ4v) is 1.54. The Hall–Kier alpha value is -1.75. The minimum atomic E-state index is -0.623. The molecule has 0 spiro atoms. The van der Waals surface area contributed by atoms with Gasteiger partial charge in [0.15, 0.2) is 13.2 Å². The van der Waals surface area contributed by atoms with E-state index in [0.717, 1.165) is 0 Å². The summed E-state index contributed by atoms with van der Waals surface area (Å²) in [6.45, 7) is 5.27. The maximum absolute atomic E-state index is 11.5. The van der Waals surface area contributed by atoms with E-state index in [1.54, 1.807) is 24.3 Å². The van der Waals surface area contributed by atoms with Crippen molar-refractivity contribution in [1.29, 1.82) is 0 Å². The third-order valence-corrected chi connectivity index (χ3v) is 3.25. The molecule has 1 aromatic rings. The summed E-state index contributed by atoms with van der Waals surface area (Å²) in [6.07, 6.45) is 0. The number of hydrogen-bond acceptors (Lipinski definition) is 4. The van der Waals surface area contributed by atoms with E-state index in [1.165, 1.54) is 0 Å². The Labute approximate surface area is 129 Å². The predicted molar refractivity (Wildman–Crippen MR) is 80.3 cm³/mol. The number of hydrogen-bond donors (Lipinski definition) is 1. The van der Waals surface area contributed by atoms with Crippen LogP contribution in [-0.2, 0) is 14.3 Å². The molecule has 0 aromatic heterocycles. The molecule has 21 heavy (non-hydrogen) atoms. The maximum Gasteiger partial charge on any atom is 0.344 e. The molecular weight excluding hydrogens is 294 g/mol. The Morgan fingerprint density at radius 3 is 2.48 bits per heavy atom. The molecule has 0 saturated heterocycles. The highest BCUT2D eigenvalue weighted by atomic mass is 35.5. The lowest BCUT2D eigenvalue weighted by Crippen LogP contribution is -2.39. The van der Waals surface area contributed by atoms with Crippen LogP contribution in [0.15, 0.2) is 24.3 Å². The number of benzene rings is 1. The molecule has 5 nitrogen and oxygen atoms in total. The van der Waals surface area contributed by atoms with Gasteiger partial charge in [-0.3, -0.25) is 4.79 Å². The molecule has 1 amide bonds. The minimum absolute atomic E-state index is 0.0237. The quantitative estimate of drug-likeness (QED) is 0.785. The predicted octanol–water partition coefficient (Wildman–Crippen LogP) is 2.42. The zero-order valence-corrected chi connectivity index (χ0v) is 13.1. The second kappa shape index (κ2) is 8.52. The number of esters is 1. The van der Waals surface area contributed by atoms with Crippen LogP contribution in [0.4, 0.5) is 0 Å². The lowest BCUT2D eigenvalue weighted by molar-refractivity contribution is -0.150. The Morgan fingerprint density at radius 2 is 1.86 bits per heavy atom. The van der Waals surface area contributed by atoms with Crippen molar-refractivity contribution in [3.8, 4) is 5.75 Å². The summed E-state index contributed by atoms with van der Waals surface area (Å²) in [5.41, 5.74) is 0.